The second kappa shape index (κ2) is 5.42. The van der Waals surface area contributed by atoms with Gasteiger partial charge in [-0.05, 0) is 41.3 Å². The molecule has 2 aromatic carbocycles. The summed E-state index contributed by atoms with van der Waals surface area (Å²) in [6.45, 7) is 2.05. The van der Waals surface area contributed by atoms with Gasteiger partial charge < -0.3 is 9.84 Å². The molecule has 0 radical (unpaired) electrons. The third-order valence-corrected chi connectivity index (χ3v) is 3.29. The first-order chi connectivity index (χ1) is 8.65. The van der Waals surface area contributed by atoms with E-state index in [2.05, 4.69) is 0 Å². The summed E-state index contributed by atoms with van der Waals surface area (Å²) in [5, 5.41) is 9.75. The Bertz CT molecular complexity index is 513. The zero-order valence-electron chi connectivity index (χ0n) is 10.4. The number of hydrogen-bond donors (Lipinski definition) is 1. The Kier molecular flexibility index (Phi) is 3.90. The standard InChI is InChI=1S/C15H15ClO2/c1-10-7-11(3-4-13(10)9-17)12-5-6-15(18-2)14(16)8-12/h3-8,17H,9H2,1-2H3. The van der Waals surface area contributed by atoms with Crippen LogP contribution in [0.3, 0.4) is 0 Å². The Hall–Kier alpha value is -1.51. The van der Waals surface area contributed by atoms with Crippen molar-refractivity contribution in [3.63, 3.8) is 0 Å². The van der Waals surface area contributed by atoms with Gasteiger partial charge in [-0.2, -0.15) is 0 Å². The van der Waals surface area contributed by atoms with E-state index < -0.39 is 0 Å². The van der Waals surface area contributed by atoms with E-state index in [1.807, 2.05) is 43.3 Å². The van der Waals surface area contributed by atoms with E-state index >= 15 is 0 Å². The van der Waals surface area contributed by atoms with E-state index in [0.717, 1.165) is 22.3 Å². The molecule has 1 N–H and O–H groups in total. The molecule has 94 valence electrons. The van der Waals surface area contributed by atoms with Crippen LogP contribution in [-0.2, 0) is 6.61 Å². The minimum atomic E-state index is 0.0650. The van der Waals surface area contributed by atoms with Crippen LogP contribution >= 0.6 is 11.6 Å². The monoisotopic (exact) mass is 262 g/mol. The number of rotatable bonds is 3. The second-order valence-corrected chi connectivity index (χ2v) is 4.56. The van der Waals surface area contributed by atoms with Gasteiger partial charge in [-0.25, -0.2) is 0 Å². The average molecular weight is 263 g/mol. The summed E-state index contributed by atoms with van der Waals surface area (Å²) >= 11 is 6.11. The van der Waals surface area contributed by atoms with Crippen molar-refractivity contribution < 1.29 is 9.84 Å². The number of aliphatic hydroxyl groups is 1. The van der Waals surface area contributed by atoms with Crippen molar-refractivity contribution in [3.05, 3.63) is 52.5 Å². The van der Waals surface area contributed by atoms with Crippen molar-refractivity contribution in [3.8, 4) is 16.9 Å². The van der Waals surface area contributed by atoms with Gasteiger partial charge in [0.05, 0.1) is 18.7 Å². The largest absolute Gasteiger partial charge is 0.495 e. The topological polar surface area (TPSA) is 29.5 Å². The highest BCUT2D eigenvalue weighted by molar-refractivity contribution is 6.32. The van der Waals surface area contributed by atoms with Crippen LogP contribution in [0.1, 0.15) is 11.1 Å². The van der Waals surface area contributed by atoms with Crippen molar-refractivity contribution >= 4 is 11.6 Å². The van der Waals surface area contributed by atoms with Crippen molar-refractivity contribution in [1.82, 2.24) is 0 Å². The van der Waals surface area contributed by atoms with Crippen molar-refractivity contribution in [2.75, 3.05) is 7.11 Å². The lowest BCUT2D eigenvalue weighted by atomic mass is 10.00. The smallest absolute Gasteiger partial charge is 0.137 e. The van der Waals surface area contributed by atoms with E-state index in [0.29, 0.717) is 10.8 Å². The van der Waals surface area contributed by atoms with E-state index in [9.17, 15) is 0 Å². The lowest BCUT2D eigenvalue weighted by molar-refractivity contribution is 0.281. The van der Waals surface area contributed by atoms with Crippen molar-refractivity contribution in [2.45, 2.75) is 13.5 Å². The van der Waals surface area contributed by atoms with Gasteiger partial charge >= 0.3 is 0 Å². The second-order valence-electron chi connectivity index (χ2n) is 4.15. The molecule has 0 fully saturated rings. The predicted octanol–water partition coefficient (Wildman–Crippen LogP) is 3.82. The molecule has 0 heterocycles. The molecule has 2 rings (SSSR count). The zero-order valence-corrected chi connectivity index (χ0v) is 11.2. The summed E-state index contributed by atoms with van der Waals surface area (Å²) in [5.41, 5.74) is 4.13. The van der Waals surface area contributed by atoms with Gasteiger partial charge in [-0.1, -0.05) is 35.9 Å². The van der Waals surface area contributed by atoms with Gasteiger partial charge in [0.2, 0.25) is 0 Å². The molecule has 2 nitrogen and oxygen atoms in total. The van der Waals surface area contributed by atoms with Gasteiger partial charge in [-0.3, -0.25) is 0 Å². The molecule has 0 atom stereocenters. The molecule has 3 heteroatoms. The predicted molar refractivity (Wildman–Crippen MR) is 74.1 cm³/mol. The minimum absolute atomic E-state index is 0.0650. The van der Waals surface area contributed by atoms with Gasteiger partial charge in [0.1, 0.15) is 5.75 Å². The quantitative estimate of drug-likeness (QED) is 0.911. The van der Waals surface area contributed by atoms with Crippen LogP contribution in [0.4, 0.5) is 0 Å². The van der Waals surface area contributed by atoms with Gasteiger partial charge in [0.15, 0.2) is 0 Å². The Morgan fingerprint density at radius 2 is 1.78 bits per heavy atom. The Morgan fingerprint density at radius 1 is 1.11 bits per heavy atom. The van der Waals surface area contributed by atoms with Crippen LogP contribution < -0.4 is 4.74 Å². The van der Waals surface area contributed by atoms with Crippen LogP contribution in [-0.4, -0.2) is 12.2 Å². The number of halogens is 1. The summed E-state index contributed by atoms with van der Waals surface area (Å²) in [6.07, 6.45) is 0. The third-order valence-electron chi connectivity index (χ3n) is 3.00. The average Bonchev–Trinajstić information content (AvgIpc) is 2.38. The summed E-state index contributed by atoms with van der Waals surface area (Å²) in [4.78, 5) is 0. The lowest BCUT2D eigenvalue weighted by Gasteiger charge is -2.09. The van der Waals surface area contributed by atoms with Crippen LogP contribution in [0, 0.1) is 6.92 Å². The van der Waals surface area contributed by atoms with Crippen LogP contribution in [0.5, 0.6) is 5.75 Å². The third kappa shape index (κ3) is 2.50. The number of benzene rings is 2. The molecule has 0 aliphatic rings. The molecule has 0 spiro atoms. The van der Waals surface area contributed by atoms with E-state index in [1.165, 1.54) is 0 Å². The van der Waals surface area contributed by atoms with Gasteiger partial charge in [0, 0.05) is 0 Å². The molecular weight excluding hydrogens is 248 g/mol. The maximum Gasteiger partial charge on any atom is 0.137 e. The molecule has 2 aromatic rings. The number of aryl methyl sites for hydroxylation is 1. The molecule has 0 saturated heterocycles. The van der Waals surface area contributed by atoms with Crippen molar-refractivity contribution in [1.29, 1.82) is 0 Å². The van der Waals surface area contributed by atoms with Crippen LogP contribution in [0.25, 0.3) is 11.1 Å². The van der Waals surface area contributed by atoms with E-state index in [-0.39, 0.29) is 6.61 Å². The zero-order chi connectivity index (χ0) is 13.1. The molecule has 0 aliphatic heterocycles. The summed E-state index contributed by atoms with van der Waals surface area (Å²) < 4.78 is 5.13. The lowest BCUT2D eigenvalue weighted by Crippen LogP contribution is -1.90. The minimum Gasteiger partial charge on any atom is -0.495 e. The first kappa shape index (κ1) is 12.9. The van der Waals surface area contributed by atoms with E-state index in [1.54, 1.807) is 7.11 Å². The summed E-state index contributed by atoms with van der Waals surface area (Å²) in [6, 6.07) is 11.7. The first-order valence-electron chi connectivity index (χ1n) is 5.70. The SMILES string of the molecule is COc1ccc(-c2ccc(CO)c(C)c2)cc1Cl. The Morgan fingerprint density at radius 3 is 2.33 bits per heavy atom. The number of methoxy groups -OCH3 is 1. The molecular formula is C15H15ClO2. The highest BCUT2D eigenvalue weighted by atomic mass is 35.5. The fourth-order valence-corrected chi connectivity index (χ4v) is 2.16. The van der Waals surface area contributed by atoms with Crippen LogP contribution in [0.15, 0.2) is 36.4 Å². The van der Waals surface area contributed by atoms with Crippen LogP contribution in [0.2, 0.25) is 5.02 Å². The molecule has 0 saturated carbocycles. The maximum absolute atomic E-state index is 9.15. The molecule has 0 aromatic heterocycles. The number of ether oxygens (including phenoxy) is 1. The molecule has 0 aliphatic carbocycles. The molecule has 0 unspecified atom stereocenters. The summed E-state index contributed by atoms with van der Waals surface area (Å²) in [5.74, 6) is 0.670. The number of hydrogen-bond acceptors (Lipinski definition) is 2. The van der Waals surface area contributed by atoms with Gasteiger partial charge in [-0.15, -0.1) is 0 Å². The molecule has 18 heavy (non-hydrogen) atoms. The molecule has 0 amide bonds. The Labute approximate surface area is 112 Å². The fraction of sp³-hybridized carbons (Fsp3) is 0.200. The molecule has 0 bridgehead atoms. The Balaban J connectivity index is 2.42. The van der Waals surface area contributed by atoms with Crippen molar-refractivity contribution in [2.24, 2.45) is 0 Å². The van der Waals surface area contributed by atoms with Gasteiger partial charge in [0.25, 0.3) is 0 Å². The normalized spacial score (nSPS) is 10.4. The highest BCUT2D eigenvalue weighted by Gasteiger charge is 2.05. The number of aliphatic hydroxyl groups excluding tert-OH is 1. The summed E-state index contributed by atoms with van der Waals surface area (Å²) in [7, 11) is 1.60. The fourth-order valence-electron chi connectivity index (χ4n) is 1.90. The highest BCUT2D eigenvalue weighted by Crippen LogP contribution is 2.30. The maximum atomic E-state index is 9.15. The first-order valence-corrected chi connectivity index (χ1v) is 6.08. The van der Waals surface area contributed by atoms with E-state index in [4.69, 9.17) is 21.4 Å².